The maximum atomic E-state index is 12.4. The molecule has 0 aliphatic carbocycles. The Kier molecular flexibility index (Phi) is 5.16. The van der Waals surface area contributed by atoms with Crippen LogP contribution in [0, 0.1) is 0 Å². The molecule has 0 amide bonds. The highest BCUT2D eigenvalue weighted by molar-refractivity contribution is 7.89. The molecule has 21 heavy (non-hydrogen) atoms. The molecule has 7 nitrogen and oxygen atoms in total. The largest absolute Gasteiger partial charge is 0.363 e. The summed E-state index contributed by atoms with van der Waals surface area (Å²) in [5.41, 5.74) is 0.836. The third kappa shape index (κ3) is 3.93. The van der Waals surface area contributed by atoms with Crippen LogP contribution in [-0.2, 0) is 16.6 Å². The van der Waals surface area contributed by atoms with E-state index in [2.05, 4.69) is 25.0 Å². The van der Waals surface area contributed by atoms with E-state index in [0.717, 1.165) is 12.2 Å². The number of nitrogens with zero attached hydrogens (tertiary/aromatic N) is 1. The Morgan fingerprint density at radius 1 is 1.33 bits per heavy atom. The fourth-order valence-corrected chi connectivity index (χ4v) is 3.29. The maximum absolute atomic E-state index is 12.4. The molecule has 8 heteroatoms. The zero-order chi connectivity index (χ0) is 15.3. The molecule has 2 aromatic rings. The standard InChI is InChI=1S/C13H21N5O2S/c1-3-12(13-15-5-6-16-13)18-21(19,20)11-7-10(17-9-11)8-14-4-2/h5-7,9,12,14,17-18H,3-4,8H2,1-2H3,(H,15,16). The lowest BCUT2D eigenvalue weighted by molar-refractivity contribution is 0.539. The lowest BCUT2D eigenvalue weighted by Gasteiger charge is -2.14. The molecule has 0 fully saturated rings. The van der Waals surface area contributed by atoms with Gasteiger partial charge in [-0.2, -0.15) is 0 Å². The van der Waals surface area contributed by atoms with Gasteiger partial charge in [0.1, 0.15) is 5.82 Å². The minimum absolute atomic E-state index is 0.236. The predicted octanol–water partition coefficient (Wildman–Crippen LogP) is 1.28. The highest BCUT2D eigenvalue weighted by atomic mass is 32.2. The molecule has 116 valence electrons. The van der Waals surface area contributed by atoms with Crippen LogP contribution in [0.2, 0.25) is 0 Å². The summed E-state index contributed by atoms with van der Waals surface area (Å²) < 4.78 is 27.5. The Hall–Kier alpha value is -1.64. The van der Waals surface area contributed by atoms with Crippen LogP contribution in [0.15, 0.2) is 29.6 Å². The van der Waals surface area contributed by atoms with Gasteiger partial charge >= 0.3 is 0 Å². The molecule has 0 aliphatic heterocycles. The van der Waals surface area contributed by atoms with E-state index in [0.29, 0.717) is 18.8 Å². The van der Waals surface area contributed by atoms with Crippen molar-refractivity contribution in [3.8, 4) is 0 Å². The first kappa shape index (κ1) is 15.7. The lowest BCUT2D eigenvalue weighted by atomic mass is 10.2. The molecule has 0 radical (unpaired) electrons. The molecule has 0 aromatic carbocycles. The summed E-state index contributed by atoms with van der Waals surface area (Å²) in [4.78, 5) is 10.3. The molecule has 0 saturated carbocycles. The topological polar surface area (TPSA) is 103 Å². The average Bonchev–Trinajstić information content (AvgIpc) is 3.13. The molecule has 0 spiro atoms. The quantitative estimate of drug-likeness (QED) is 0.589. The van der Waals surface area contributed by atoms with Gasteiger partial charge in [0.2, 0.25) is 10.0 Å². The third-order valence-electron chi connectivity index (χ3n) is 3.15. The van der Waals surface area contributed by atoms with Gasteiger partial charge in [-0.25, -0.2) is 18.1 Å². The minimum atomic E-state index is -3.57. The molecule has 0 aliphatic rings. The second-order valence-electron chi connectivity index (χ2n) is 4.70. The number of nitrogens with one attached hydrogen (secondary N) is 4. The van der Waals surface area contributed by atoms with Crippen molar-refractivity contribution in [1.82, 2.24) is 25.0 Å². The van der Waals surface area contributed by atoms with E-state index >= 15 is 0 Å². The van der Waals surface area contributed by atoms with Crippen LogP contribution < -0.4 is 10.0 Å². The summed E-state index contributed by atoms with van der Waals surface area (Å²) in [6, 6.07) is 1.27. The molecular formula is C13H21N5O2S. The Labute approximate surface area is 124 Å². The van der Waals surface area contributed by atoms with E-state index in [4.69, 9.17) is 0 Å². The predicted molar refractivity (Wildman–Crippen MR) is 80.1 cm³/mol. The Balaban J connectivity index is 2.12. The molecular weight excluding hydrogens is 290 g/mol. The normalized spacial score (nSPS) is 13.4. The van der Waals surface area contributed by atoms with E-state index < -0.39 is 10.0 Å². The fraction of sp³-hybridized carbons (Fsp3) is 0.462. The van der Waals surface area contributed by atoms with Gasteiger partial charge in [0, 0.05) is 30.8 Å². The first-order chi connectivity index (χ1) is 10.1. The smallest absolute Gasteiger partial charge is 0.242 e. The Morgan fingerprint density at radius 3 is 2.76 bits per heavy atom. The van der Waals surface area contributed by atoms with Crippen molar-refractivity contribution in [2.45, 2.75) is 37.8 Å². The molecule has 2 heterocycles. The van der Waals surface area contributed by atoms with Gasteiger partial charge in [0.05, 0.1) is 10.9 Å². The van der Waals surface area contributed by atoms with Crippen LogP contribution in [0.4, 0.5) is 0 Å². The van der Waals surface area contributed by atoms with Crippen LogP contribution in [-0.4, -0.2) is 29.9 Å². The summed E-state index contributed by atoms with van der Waals surface area (Å²) >= 11 is 0. The van der Waals surface area contributed by atoms with Gasteiger partial charge in [0.25, 0.3) is 0 Å². The summed E-state index contributed by atoms with van der Waals surface area (Å²) in [5.74, 6) is 0.615. The van der Waals surface area contributed by atoms with E-state index in [1.165, 1.54) is 6.20 Å². The third-order valence-corrected chi connectivity index (χ3v) is 4.60. The van der Waals surface area contributed by atoms with Crippen LogP contribution in [0.1, 0.15) is 37.8 Å². The van der Waals surface area contributed by atoms with Crippen molar-refractivity contribution in [3.05, 3.63) is 36.2 Å². The monoisotopic (exact) mass is 311 g/mol. The molecule has 2 aromatic heterocycles. The second kappa shape index (κ2) is 6.88. The van der Waals surface area contributed by atoms with Crippen LogP contribution >= 0.6 is 0 Å². The zero-order valence-electron chi connectivity index (χ0n) is 12.2. The van der Waals surface area contributed by atoms with Gasteiger partial charge in [-0.15, -0.1) is 0 Å². The van der Waals surface area contributed by atoms with Gasteiger partial charge in [-0.3, -0.25) is 0 Å². The number of H-pyrrole nitrogens is 2. The highest BCUT2D eigenvalue weighted by Gasteiger charge is 2.22. The Bertz CT molecular complexity index is 648. The summed E-state index contributed by atoms with van der Waals surface area (Å²) in [7, 11) is -3.57. The summed E-state index contributed by atoms with van der Waals surface area (Å²) in [6.07, 6.45) is 5.40. The molecule has 1 unspecified atom stereocenters. The maximum Gasteiger partial charge on any atom is 0.242 e. The zero-order valence-corrected chi connectivity index (χ0v) is 13.0. The van der Waals surface area contributed by atoms with E-state index in [1.807, 2.05) is 13.8 Å². The fourth-order valence-electron chi connectivity index (χ4n) is 1.99. The molecule has 1 atom stereocenters. The average molecular weight is 311 g/mol. The van der Waals surface area contributed by atoms with Crippen molar-refractivity contribution in [1.29, 1.82) is 0 Å². The summed E-state index contributed by atoms with van der Waals surface area (Å²) in [6.45, 7) is 5.35. The molecule has 4 N–H and O–H groups in total. The minimum Gasteiger partial charge on any atom is -0.363 e. The van der Waals surface area contributed by atoms with E-state index in [1.54, 1.807) is 18.5 Å². The first-order valence-electron chi connectivity index (χ1n) is 6.96. The number of rotatable bonds is 8. The number of hydrogen-bond acceptors (Lipinski definition) is 4. The van der Waals surface area contributed by atoms with Crippen molar-refractivity contribution < 1.29 is 8.42 Å². The van der Waals surface area contributed by atoms with Crippen molar-refractivity contribution >= 4 is 10.0 Å². The number of hydrogen-bond donors (Lipinski definition) is 4. The SMILES string of the molecule is CCNCc1cc(S(=O)(=O)NC(CC)c2ncc[nH]2)c[nH]1. The number of aromatic amines is 2. The van der Waals surface area contributed by atoms with Crippen LogP contribution in [0.25, 0.3) is 0 Å². The van der Waals surface area contributed by atoms with Gasteiger partial charge in [0.15, 0.2) is 0 Å². The molecule has 2 rings (SSSR count). The number of sulfonamides is 1. The summed E-state index contributed by atoms with van der Waals surface area (Å²) in [5, 5.41) is 3.14. The first-order valence-corrected chi connectivity index (χ1v) is 8.44. The van der Waals surface area contributed by atoms with Crippen LogP contribution in [0.5, 0.6) is 0 Å². The van der Waals surface area contributed by atoms with Crippen LogP contribution in [0.3, 0.4) is 0 Å². The number of imidazole rings is 1. The lowest BCUT2D eigenvalue weighted by Crippen LogP contribution is -2.28. The number of aromatic nitrogens is 3. The van der Waals surface area contributed by atoms with Crippen molar-refractivity contribution in [3.63, 3.8) is 0 Å². The van der Waals surface area contributed by atoms with Gasteiger partial charge < -0.3 is 15.3 Å². The Morgan fingerprint density at radius 2 is 2.14 bits per heavy atom. The molecule has 0 saturated heterocycles. The van der Waals surface area contributed by atoms with E-state index in [9.17, 15) is 8.42 Å². The van der Waals surface area contributed by atoms with Gasteiger partial charge in [-0.05, 0) is 19.0 Å². The molecule has 0 bridgehead atoms. The second-order valence-corrected chi connectivity index (χ2v) is 6.41. The van der Waals surface area contributed by atoms with Gasteiger partial charge in [-0.1, -0.05) is 13.8 Å². The van der Waals surface area contributed by atoms with Crippen molar-refractivity contribution in [2.75, 3.05) is 6.54 Å². The van der Waals surface area contributed by atoms with Crippen molar-refractivity contribution in [2.24, 2.45) is 0 Å². The van der Waals surface area contributed by atoms with E-state index in [-0.39, 0.29) is 10.9 Å². The highest BCUT2D eigenvalue weighted by Crippen LogP contribution is 2.17.